The monoisotopic (exact) mass is 333 g/mol. The smallest absolute Gasteiger partial charge is 0.414 e. The van der Waals surface area contributed by atoms with Crippen molar-refractivity contribution in [3.8, 4) is 0 Å². The Hall–Kier alpha value is -2.04. The van der Waals surface area contributed by atoms with Gasteiger partial charge in [-0.25, -0.2) is 9.59 Å². The van der Waals surface area contributed by atoms with Gasteiger partial charge in [0.25, 0.3) is 0 Å². The third kappa shape index (κ3) is 4.08. The van der Waals surface area contributed by atoms with Crippen LogP contribution in [0, 0.1) is 11.3 Å². The minimum Gasteiger partial charge on any atom is -0.478 e. The highest BCUT2D eigenvalue weighted by molar-refractivity contribution is 5.92. The van der Waals surface area contributed by atoms with E-state index in [0.717, 1.165) is 17.7 Å². The topological polar surface area (TPSA) is 66.8 Å². The number of aromatic carboxylic acids is 1. The van der Waals surface area contributed by atoms with E-state index in [0.29, 0.717) is 6.54 Å². The van der Waals surface area contributed by atoms with Crippen molar-refractivity contribution in [3.63, 3.8) is 0 Å². The Morgan fingerprint density at radius 2 is 1.79 bits per heavy atom. The van der Waals surface area contributed by atoms with Crippen molar-refractivity contribution in [2.75, 3.05) is 11.4 Å². The van der Waals surface area contributed by atoms with E-state index in [1.165, 1.54) is 6.07 Å². The lowest BCUT2D eigenvalue weighted by molar-refractivity contribution is 0.0559. The third-order valence-electron chi connectivity index (χ3n) is 4.33. The van der Waals surface area contributed by atoms with Gasteiger partial charge in [0.2, 0.25) is 0 Å². The maximum absolute atomic E-state index is 12.7. The Bertz CT molecular complexity index is 652. The highest BCUT2D eigenvalue weighted by Crippen LogP contribution is 2.39. The van der Waals surface area contributed by atoms with E-state index in [2.05, 4.69) is 20.8 Å². The molecule has 1 aromatic rings. The summed E-state index contributed by atoms with van der Waals surface area (Å²) in [6.07, 6.45) is 0.361. The Labute approximate surface area is 143 Å². The van der Waals surface area contributed by atoms with Crippen LogP contribution in [-0.2, 0) is 11.2 Å². The van der Waals surface area contributed by atoms with Crippen molar-refractivity contribution >= 4 is 17.7 Å². The van der Waals surface area contributed by atoms with Gasteiger partial charge in [0.1, 0.15) is 5.60 Å². The zero-order chi connectivity index (χ0) is 18.3. The highest BCUT2D eigenvalue weighted by Gasteiger charge is 2.36. The molecule has 1 N–H and O–H groups in total. The fraction of sp³-hybridized carbons (Fsp3) is 0.579. The molecule has 1 heterocycles. The quantitative estimate of drug-likeness (QED) is 0.830. The van der Waals surface area contributed by atoms with Crippen LogP contribution in [0.3, 0.4) is 0 Å². The molecule has 0 saturated carbocycles. The van der Waals surface area contributed by atoms with Gasteiger partial charge in [0, 0.05) is 6.54 Å². The summed E-state index contributed by atoms with van der Waals surface area (Å²) < 4.78 is 5.54. The molecule has 0 aromatic heterocycles. The van der Waals surface area contributed by atoms with Gasteiger partial charge in [-0.3, -0.25) is 4.90 Å². The van der Waals surface area contributed by atoms with Crippen LogP contribution in [0.2, 0.25) is 0 Å². The molecule has 0 radical (unpaired) electrons. The van der Waals surface area contributed by atoms with Crippen LogP contribution in [-0.4, -0.2) is 29.3 Å². The molecule has 0 aliphatic carbocycles. The van der Waals surface area contributed by atoms with Crippen LogP contribution in [0.4, 0.5) is 10.5 Å². The Morgan fingerprint density at radius 3 is 2.29 bits per heavy atom. The summed E-state index contributed by atoms with van der Waals surface area (Å²) >= 11 is 0. The van der Waals surface area contributed by atoms with Crippen molar-refractivity contribution in [1.29, 1.82) is 0 Å². The van der Waals surface area contributed by atoms with Crippen molar-refractivity contribution in [3.05, 3.63) is 29.3 Å². The molecule has 2 rings (SSSR count). The second-order valence-corrected chi connectivity index (χ2v) is 8.51. The average molecular weight is 333 g/mol. The van der Waals surface area contributed by atoms with Crippen LogP contribution in [0.5, 0.6) is 0 Å². The molecule has 0 spiro atoms. The second kappa shape index (κ2) is 6.11. The van der Waals surface area contributed by atoms with E-state index < -0.39 is 11.6 Å². The van der Waals surface area contributed by atoms with Gasteiger partial charge in [-0.15, -0.1) is 0 Å². The summed E-state index contributed by atoms with van der Waals surface area (Å²) in [5.74, 6) is -0.735. The van der Waals surface area contributed by atoms with Crippen LogP contribution >= 0.6 is 0 Å². The first-order chi connectivity index (χ1) is 10.9. The Morgan fingerprint density at radius 1 is 1.17 bits per heavy atom. The van der Waals surface area contributed by atoms with Gasteiger partial charge >= 0.3 is 12.1 Å². The zero-order valence-electron chi connectivity index (χ0n) is 15.3. The first-order valence-electron chi connectivity index (χ1n) is 8.25. The van der Waals surface area contributed by atoms with E-state index in [1.54, 1.807) is 17.0 Å². The number of carboxylic acids is 1. The van der Waals surface area contributed by atoms with Crippen molar-refractivity contribution < 1.29 is 19.4 Å². The number of benzene rings is 1. The van der Waals surface area contributed by atoms with E-state index >= 15 is 0 Å². The molecule has 5 heteroatoms. The molecule has 1 aliphatic heterocycles. The number of carboxylic acid groups (broad SMARTS) is 1. The molecule has 24 heavy (non-hydrogen) atoms. The van der Waals surface area contributed by atoms with Crippen LogP contribution in [0.1, 0.15) is 57.5 Å². The van der Waals surface area contributed by atoms with Gasteiger partial charge in [-0.1, -0.05) is 20.8 Å². The number of carbonyl (C=O) groups is 2. The number of amides is 1. The molecule has 1 unspecified atom stereocenters. The lowest BCUT2D eigenvalue weighted by atomic mass is 9.74. The molecule has 0 bridgehead atoms. The number of hydrogen-bond donors (Lipinski definition) is 1. The SMILES string of the molecule is CC(C)(C)OC(=O)N1CC(C(C)(C)C)Cc2cc(C(=O)O)ccc21. The van der Waals surface area contributed by atoms with Crippen LogP contribution < -0.4 is 4.90 Å². The zero-order valence-corrected chi connectivity index (χ0v) is 15.3. The van der Waals surface area contributed by atoms with Crippen LogP contribution in [0.25, 0.3) is 0 Å². The summed E-state index contributed by atoms with van der Waals surface area (Å²) in [7, 11) is 0. The fourth-order valence-corrected chi connectivity index (χ4v) is 2.86. The minimum atomic E-state index is -0.959. The summed E-state index contributed by atoms with van der Waals surface area (Å²) in [4.78, 5) is 25.6. The number of fused-ring (bicyclic) bond motifs is 1. The Kier molecular flexibility index (Phi) is 4.66. The molecule has 1 amide bonds. The number of anilines is 1. The molecule has 132 valence electrons. The molecule has 5 nitrogen and oxygen atoms in total. The molecular weight excluding hydrogens is 306 g/mol. The lowest BCUT2D eigenvalue weighted by Crippen LogP contribution is -2.46. The van der Waals surface area contributed by atoms with Gasteiger partial charge in [0.05, 0.1) is 11.3 Å². The lowest BCUT2D eigenvalue weighted by Gasteiger charge is -2.41. The van der Waals surface area contributed by atoms with Crippen molar-refractivity contribution in [2.24, 2.45) is 11.3 Å². The van der Waals surface area contributed by atoms with Crippen molar-refractivity contribution in [2.45, 2.75) is 53.6 Å². The van der Waals surface area contributed by atoms with Crippen LogP contribution in [0.15, 0.2) is 18.2 Å². The third-order valence-corrected chi connectivity index (χ3v) is 4.33. The van der Waals surface area contributed by atoms with E-state index in [1.807, 2.05) is 20.8 Å². The van der Waals surface area contributed by atoms with E-state index in [9.17, 15) is 14.7 Å². The molecular formula is C19H27NO4. The largest absolute Gasteiger partial charge is 0.478 e. The molecule has 0 fully saturated rings. The predicted molar refractivity (Wildman–Crippen MR) is 93.6 cm³/mol. The second-order valence-electron chi connectivity index (χ2n) is 8.51. The number of ether oxygens (including phenoxy) is 1. The summed E-state index contributed by atoms with van der Waals surface area (Å²) in [6, 6.07) is 4.92. The molecule has 1 aliphatic rings. The number of nitrogens with zero attached hydrogens (tertiary/aromatic N) is 1. The maximum Gasteiger partial charge on any atom is 0.414 e. The van der Waals surface area contributed by atoms with E-state index in [-0.39, 0.29) is 23.0 Å². The normalized spacial score (nSPS) is 18.1. The predicted octanol–water partition coefficient (Wildman–Crippen LogP) is 4.34. The van der Waals surface area contributed by atoms with E-state index in [4.69, 9.17) is 4.74 Å². The number of rotatable bonds is 1. The maximum atomic E-state index is 12.7. The first kappa shape index (κ1) is 18.3. The standard InChI is InChI=1S/C19H27NO4/c1-18(2,3)14-10-13-9-12(16(21)22)7-8-15(13)20(11-14)17(23)24-19(4,5)6/h7-9,14H,10-11H2,1-6H3,(H,21,22). The summed E-state index contributed by atoms with van der Waals surface area (Å²) in [5.41, 5.74) is 1.29. The highest BCUT2D eigenvalue weighted by atomic mass is 16.6. The van der Waals surface area contributed by atoms with Gasteiger partial charge in [-0.05, 0) is 62.3 Å². The minimum absolute atomic E-state index is 0.00280. The van der Waals surface area contributed by atoms with Gasteiger partial charge in [0.15, 0.2) is 0 Å². The molecule has 1 atom stereocenters. The number of hydrogen-bond acceptors (Lipinski definition) is 3. The van der Waals surface area contributed by atoms with Gasteiger partial charge < -0.3 is 9.84 Å². The summed E-state index contributed by atoms with van der Waals surface area (Å²) in [5, 5.41) is 9.23. The fourth-order valence-electron chi connectivity index (χ4n) is 2.86. The first-order valence-corrected chi connectivity index (χ1v) is 8.25. The van der Waals surface area contributed by atoms with Crippen molar-refractivity contribution in [1.82, 2.24) is 0 Å². The molecule has 0 saturated heterocycles. The molecule has 1 aromatic carbocycles. The Balaban J connectivity index is 2.44. The summed E-state index contributed by atoms with van der Waals surface area (Å²) in [6.45, 7) is 12.5. The number of carbonyl (C=O) groups excluding carboxylic acids is 1. The average Bonchev–Trinajstić information content (AvgIpc) is 2.42. The van der Waals surface area contributed by atoms with Gasteiger partial charge in [-0.2, -0.15) is 0 Å².